The van der Waals surface area contributed by atoms with Crippen LogP contribution in [-0.4, -0.2) is 24.0 Å². The topological polar surface area (TPSA) is 55.4 Å². The zero-order valence-corrected chi connectivity index (χ0v) is 15.5. The van der Waals surface area contributed by atoms with Crippen LogP contribution in [0.3, 0.4) is 0 Å². The Morgan fingerprint density at radius 3 is 2.42 bits per heavy atom. The van der Waals surface area contributed by atoms with Crippen molar-refractivity contribution in [1.82, 2.24) is 5.32 Å². The molecule has 1 aromatic rings. The Kier molecular flexibility index (Phi) is 4.78. The van der Waals surface area contributed by atoms with Crippen LogP contribution >= 0.6 is 11.6 Å². The number of carbonyl (C=O) groups is 2. The minimum absolute atomic E-state index is 0.0468. The first-order valence-electron chi connectivity index (χ1n) is 9.41. The van der Waals surface area contributed by atoms with Crippen LogP contribution in [0.25, 0.3) is 6.08 Å². The summed E-state index contributed by atoms with van der Waals surface area (Å²) in [6, 6.07) is 7.18. The molecule has 0 radical (unpaired) electrons. The number of amides is 1. The van der Waals surface area contributed by atoms with Gasteiger partial charge in [0.2, 0.25) is 0 Å². The quantitative estimate of drug-likeness (QED) is 0.627. The van der Waals surface area contributed by atoms with Gasteiger partial charge in [0.05, 0.1) is 0 Å². The second-order valence-electron chi connectivity index (χ2n) is 8.24. The van der Waals surface area contributed by atoms with Crippen LogP contribution in [-0.2, 0) is 14.3 Å². The normalized spacial score (nSPS) is 32.0. The van der Waals surface area contributed by atoms with Gasteiger partial charge in [-0.3, -0.25) is 4.79 Å². The Labute approximate surface area is 158 Å². The van der Waals surface area contributed by atoms with Crippen LogP contribution in [0.1, 0.15) is 44.1 Å². The third-order valence-corrected chi connectivity index (χ3v) is 6.28. The Hall–Kier alpha value is -1.81. The summed E-state index contributed by atoms with van der Waals surface area (Å²) in [5.41, 5.74) is 0.766. The summed E-state index contributed by atoms with van der Waals surface area (Å²) in [6.07, 6.45) is 10.2. The zero-order valence-electron chi connectivity index (χ0n) is 14.7. The van der Waals surface area contributed by atoms with E-state index in [4.69, 9.17) is 16.3 Å². The summed E-state index contributed by atoms with van der Waals surface area (Å²) in [5.74, 6) is 1.60. The van der Waals surface area contributed by atoms with Gasteiger partial charge in [-0.05, 0) is 80.1 Å². The number of esters is 1. The van der Waals surface area contributed by atoms with Crippen molar-refractivity contribution in [2.45, 2.75) is 44.1 Å². The van der Waals surface area contributed by atoms with Gasteiger partial charge in [0.25, 0.3) is 5.91 Å². The highest BCUT2D eigenvalue weighted by Gasteiger charge is 2.51. The zero-order chi connectivity index (χ0) is 18.1. The molecule has 0 atom stereocenters. The van der Waals surface area contributed by atoms with Crippen molar-refractivity contribution >= 4 is 29.6 Å². The van der Waals surface area contributed by atoms with Crippen molar-refractivity contribution < 1.29 is 14.3 Å². The molecule has 0 aromatic heterocycles. The van der Waals surface area contributed by atoms with Gasteiger partial charge >= 0.3 is 5.97 Å². The van der Waals surface area contributed by atoms with E-state index in [1.54, 1.807) is 18.2 Å². The first-order valence-corrected chi connectivity index (χ1v) is 9.79. The van der Waals surface area contributed by atoms with E-state index >= 15 is 0 Å². The van der Waals surface area contributed by atoms with Gasteiger partial charge in [-0.1, -0.05) is 23.7 Å². The Balaban J connectivity index is 1.27. The lowest BCUT2D eigenvalue weighted by atomic mass is 9.53. The van der Waals surface area contributed by atoms with Crippen molar-refractivity contribution in [3.8, 4) is 0 Å². The highest BCUT2D eigenvalue weighted by Crippen LogP contribution is 2.55. The molecule has 5 rings (SSSR count). The van der Waals surface area contributed by atoms with Gasteiger partial charge in [-0.15, -0.1) is 0 Å². The van der Waals surface area contributed by atoms with Gasteiger partial charge in [0.15, 0.2) is 6.61 Å². The molecule has 138 valence electrons. The largest absolute Gasteiger partial charge is 0.452 e. The first-order chi connectivity index (χ1) is 12.5. The van der Waals surface area contributed by atoms with Crippen LogP contribution in [0.2, 0.25) is 5.02 Å². The van der Waals surface area contributed by atoms with Crippen LogP contribution in [0.4, 0.5) is 0 Å². The van der Waals surface area contributed by atoms with E-state index < -0.39 is 5.97 Å². The molecule has 4 saturated carbocycles. The fraction of sp³-hybridized carbons (Fsp3) is 0.524. The summed E-state index contributed by atoms with van der Waals surface area (Å²) in [6.45, 7) is -0.222. The minimum Gasteiger partial charge on any atom is -0.452 e. The summed E-state index contributed by atoms with van der Waals surface area (Å²) >= 11 is 5.91. The van der Waals surface area contributed by atoms with E-state index in [1.807, 2.05) is 12.1 Å². The smallest absolute Gasteiger partial charge is 0.331 e. The minimum atomic E-state index is -0.523. The van der Waals surface area contributed by atoms with E-state index in [-0.39, 0.29) is 18.1 Å². The van der Waals surface area contributed by atoms with Crippen LogP contribution in [0, 0.1) is 17.8 Å². The van der Waals surface area contributed by atoms with Crippen molar-refractivity contribution in [2.75, 3.05) is 6.61 Å². The third-order valence-electron chi connectivity index (χ3n) is 6.05. The maximum Gasteiger partial charge on any atom is 0.331 e. The standard InChI is InChI=1S/C21H24ClNO3/c22-18-3-1-2-14(9-18)4-5-20(25)26-13-19(24)23-21-10-15-6-16(11-21)8-17(7-15)12-21/h1-5,9,15-17H,6-8,10-13H2,(H,23,24). The molecule has 0 spiro atoms. The summed E-state index contributed by atoms with van der Waals surface area (Å²) < 4.78 is 5.10. The van der Waals surface area contributed by atoms with Crippen molar-refractivity contribution in [2.24, 2.45) is 17.8 Å². The molecule has 0 heterocycles. The molecule has 4 fully saturated rings. The Morgan fingerprint density at radius 1 is 1.15 bits per heavy atom. The van der Waals surface area contributed by atoms with E-state index in [1.165, 1.54) is 25.3 Å². The second-order valence-corrected chi connectivity index (χ2v) is 8.68. The maximum absolute atomic E-state index is 12.3. The van der Waals surface area contributed by atoms with E-state index in [0.29, 0.717) is 5.02 Å². The molecule has 1 aromatic carbocycles. The highest BCUT2D eigenvalue weighted by atomic mass is 35.5. The van der Waals surface area contributed by atoms with Gasteiger partial charge < -0.3 is 10.1 Å². The highest BCUT2D eigenvalue weighted by molar-refractivity contribution is 6.30. The fourth-order valence-corrected chi connectivity index (χ4v) is 5.75. The average Bonchev–Trinajstić information content (AvgIpc) is 2.56. The van der Waals surface area contributed by atoms with E-state index in [2.05, 4.69) is 5.32 Å². The number of hydrogen-bond donors (Lipinski definition) is 1. The molecule has 4 nitrogen and oxygen atoms in total. The number of ether oxygens (including phenoxy) is 1. The summed E-state index contributed by atoms with van der Waals surface area (Å²) in [7, 11) is 0. The van der Waals surface area contributed by atoms with Gasteiger partial charge in [0.1, 0.15) is 0 Å². The molecule has 5 heteroatoms. The van der Waals surface area contributed by atoms with E-state index in [9.17, 15) is 9.59 Å². The fourth-order valence-electron chi connectivity index (χ4n) is 5.55. The Morgan fingerprint density at radius 2 is 1.81 bits per heavy atom. The van der Waals surface area contributed by atoms with Crippen LogP contribution < -0.4 is 5.32 Å². The first kappa shape index (κ1) is 17.6. The average molecular weight is 374 g/mol. The van der Waals surface area contributed by atoms with Gasteiger partial charge in [0, 0.05) is 16.6 Å². The molecular formula is C21H24ClNO3. The lowest BCUT2D eigenvalue weighted by molar-refractivity contribution is -0.145. The molecule has 0 aliphatic heterocycles. The number of nitrogens with one attached hydrogen (secondary N) is 1. The molecular weight excluding hydrogens is 350 g/mol. The Bertz CT molecular complexity index is 707. The lowest BCUT2D eigenvalue weighted by Crippen LogP contribution is -2.60. The number of hydrogen-bond acceptors (Lipinski definition) is 3. The summed E-state index contributed by atoms with van der Waals surface area (Å²) in [5, 5.41) is 3.81. The molecule has 4 aliphatic carbocycles. The lowest BCUT2D eigenvalue weighted by Gasteiger charge is -2.56. The van der Waals surface area contributed by atoms with Gasteiger partial charge in [-0.2, -0.15) is 0 Å². The molecule has 4 bridgehead atoms. The predicted octanol–water partition coefficient (Wildman–Crippen LogP) is 3.98. The second kappa shape index (κ2) is 7.07. The molecule has 4 aliphatic rings. The molecule has 0 saturated heterocycles. The van der Waals surface area contributed by atoms with Crippen LogP contribution in [0.15, 0.2) is 30.3 Å². The van der Waals surface area contributed by atoms with Gasteiger partial charge in [-0.25, -0.2) is 4.79 Å². The summed E-state index contributed by atoms with van der Waals surface area (Å²) in [4.78, 5) is 24.2. The van der Waals surface area contributed by atoms with Crippen LogP contribution in [0.5, 0.6) is 0 Å². The monoisotopic (exact) mass is 373 g/mol. The number of benzene rings is 1. The number of carbonyl (C=O) groups excluding carboxylic acids is 2. The van der Waals surface area contributed by atoms with Crippen molar-refractivity contribution in [3.63, 3.8) is 0 Å². The molecule has 0 unspecified atom stereocenters. The number of rotatable bonds is 5. The van der Waals surface area contributed by atoms with Crippen molar-refractivity contribution in [3.05, 3.63) is 40.9 Å². The predicted molar refractivity (Wildman–Crippen MR) is 100 cm³/mol. The maximum atomic E-state index is 12.3. The van der Waals surface area contributed by atoms with E-state index in [0.717, 1.165) is 42.6 Å². The molecule has 1 amide bonds. The van der Waals surface area contributed by atoms with Crippen molar-refractivity contribution in [1.29, 1.82) is 0 Å². The number of halogens is 1. The molecule has 1 N–H and O–H groups in total. The third kappa shape index (κ3) is 3.96. The molecule has 26 heavy (non-hydrogen) atoms. The SMILES string of the molecule is O=C(COC(=O)C=Cc1cccc(Cl)c1)NC12CC3CC(CC(C3)C1)C2.